The Morgan fingerprint density at radius 2 is 1.85 bits per heavy atom. The molecule has 0 aliphatic rings. The molecule has 2 aromatic carbocycles. The van der Waals surface area contributed by atoms with Gasteiger partial charge in [-0.05, 0) is 37.1 Å². The minimum atomic E-state index is -0.833. The van der Waals surface area contributed by atoms with Crippen molar-refractivity contribution in [1.29, 1.82) is 0 Å². The van der Waals surface area contributed by atoms with Gasteiger partial charge >= 0.3 is 6.16 Å². The van der Waals surface area contributed by atoms with Gasteiger partial charge in [0.1, 0.15) is 5.75 Å². The number of aromatic nitrogens is 2. The van der Waals surface area contributed by atoms with Crippen molar-refractivity contribution in [3.05, 3.63) is 87.5 Å². The number of carbonyl (C=O) groups is 1. The highest BCUT2D eigenvalue weighted by Crippen LogP contribution is 2.39. The molecule has 0 spiro atoms. The first-order valence-corrected chi connectivity index (χ1v) is 10.3. The molecule has 0 aliphatic heterocycles. The summed E-state index contributed by atoms with van der Waals surface area (Å²) in [5.41, 5.74) is 10.4. The summed E-state index contributed by atoms with van der Waals surface area (Å²) in [5.74, 6) is 0.771. The third-order valence-corrected chi connectivity index (χ3v) is 4.68. The van der Waals surface area contributed by atoms with Crippen LogP contribution in [0.25, 0.3) is 10.4 Å². The third kappa shape index (κ3) is 6.49. The molecule has 0 fully saturated rings. The average molecular weight is 469 g/mol. The maximum absolute atomic E-state index is 11.7. The van der Waals surface area contributed by atoms with Crippen molar-refractivity contribution in [1.82, 2.24) is 9.97 Å². The highest BCUT2D eigenvalue weighted by Gasteiger charge is 2.23. The van der Waals surface area contributed by atoms with Crippen molar-refractivity contribution in [3.8, 4) is 5.75 Å². The topological polar surface area (TPSA) is 131 Å². The molecule has 1 N–H and O–H groups in total. The number of anilines is 1. The van der Waals surface area contributed by atoms with E-state index < -0.39 is 12.2 Å². The van der Waals surface area contributed by atoms with E-state index in [2.05, 4.69) is 25.3 Å². The van der Waals surface area contributed by atoms with E-state index in [1.807, 2.05) is 12.1 Å². The van der Waals surface area contributed by atoms with Gasteiger partial charge in [-0.3, -0.25) is 0 Å². The molecule has 0 bridgehead atoms. The average Bonchev–Trinajstić information content (AvgIpc) is 2.80. The molecular weight excluding hydrogens is 448 g/mol. The molecule has 3 aromatic rings. The third-order valence-electron chi connectivity index (χ3n) is 4.26. The van der Waals surface area contributed by atoms with Crippen LogP contribution >= 0.6 is 11.6 Å². The number of ether oxygens (including phenoxy) is 3. The van der Waals surface area contributed by atoms with Crippen LogP contribution < -0.4 is 10.1 Å². The molecule has 11 heteroatoms. The Balaban J connectivity index is 1.96. The molecule has 0 saturated heterocycles. The number of hydrogen-bond donors (Lipinski definition) is 1. The summed E-state index contributed by atoms with van der Waals surface area (Å²) in [7, 11) is 0. The molecule has 1 heterocycles. The highest BCUT2D eigenvalue weighted by molar-refractivity contribution is 6.33. The summed E-state index contributed by atoms with van der Waals surface area (Å²) in [4.78, 5) is 22.9. The molecule has 33 heavy (non-hydrogen) atoms. The van der Waals surface area contributed by atoms with Gasteiger partial charge < -0.3 is 19.5 Å². The molecule has 0 radical (unpaired) electrons. The predicted octanol–water partition coefficient (Wildman–Crippen LogP) is 6.17. The molecule has 0 saturated carbocycles. The lowest BCUT2D eigenvalue weighted by atomic mass is 9.97. The normalized spacial score (nSPS) is 11.3. The fourth-order valence-corrected chi connectivity index (χ4v) is 3.20. The first-order chi connectivity index (χ1) is 16.0. The van der Waals surface area contributed by atoms with E-state index in [9.17, 15) is 4.79 Å². The van der Waals surface area contributed by atoms with Gasteiger partial charge in [0, 0.05) is 22.9 Å². The van der Waals surface area contributed by atoms with Crippen LogP contribution in [0.15, 0.2) is 66.0 Å². The van der Waals surface area contributed by atoms with Crippen LogP contribution in [0.2, 0.25) is 5.02 Å². The SMILES string of the molecule is CC(C)OC(=O)OCOc1ccccc1C(Nc1ncccn1)c1cccc(N=[N+]=[N-])c1Cl. The Kier molecular flexibility index (Phi) is 8.29. The Morgan fingerprint density at radius 1 is 1.12 bits per heavy atom. The zero-order chi connectivity index (χ0) is 23.6. The maximum atomic E-state index is 11.7. The molecule has 0 amide bonds. The van der Waals surface area contributed by atoms with Crippen molar-refractivity contribution < 1.29 is 19.0 Å². The summed E-state index contributed by atoms with van der Waals surface area (Å²) < 4.78 is 15.6. The molecule has 0 aliphatic carbocycles. The molecular formula is C22H21ClN6O4. The summed E-state index contributed by atoms with van der Waals surface area (Å²) >= 11 is 6.57. The van der Waals surface area contributed by atoms with E-state index in [4.69, 9.17) is 31.3 Å². The van der Waals surface area contributed by atoms with E-state index in [1.54, 1.807) is 62.6 Å². The number of benzene rings is 2. The van der Waals surface area contributed by atoms with Crippen LogP contribution in [0, 0.1) is 0 Å². The van der Waals surface area contributed by atoms with Gasteiger partial charge in [-0.15, -0.1) is 0 Å². The van der Waals surface area contributed by atoms with Crippen LogP contribution in [0.3, 0.4) is 0 Å². The van der Waals surface area contributed by atoms with Gasteiger partial charge in [0.15, 0.2) is 0 Å². The Morgan fingerprint density at radius 3 is 2.58 bits per heavy atom. The van der Waals surface area contributed by atoms with E-state index in [1.165, 1.54) is 0 Å². The number of rotatable bonds is 9. The number of hydrogen-bond acceptors (Lipinski definition) is 8. The number of nitrogens with one attached hydrogen (secondary N) is 1. The van der Waals surface area contributed by atoms with Crippen LogP contribution in [-0.4, -0.2) is 29.0 Å². The second-order valence-electron chi connectivity index (χ2n) is 6.88. The smallest absolute Gasteiger partial charge is 0.457 e. The Hall–Kier alpha value is -4.01. The number of halogens is 1. The first kappa shape index (κ1) is 23.6. The Bertz CT molecular complexity index is 1140. The van der Waals surface area contributed by atoms with Gasteiger partial charge in [0.2, 0.25) is 12.7 Å². The van der Waals surface area contributed by atoms with Gasteiger partial charge in [-0.2, -0.15) is 0 Å². The van der Waals surface area contributed by atoms with E-state index >= 15 is 0 Å². The van der Waals surface area contributed by atoms with Crippen LogP contribution in [0.1, 0.15) is 31.0 Å². The standard InChI is InChI=1S/C22H21ClN6O4/c1-14(2)33-22(30)32-13-31-18-10-4-3-7-15(18)20(27-21-25-11-6-12-26-21)16-8-5-9-17(19(16)23)28-29-24/h3-12,14,20H,13H2,1-2H3,(H,25,26,27). The minimum absolute atomic E-state index is 0.260. The van der Waals surface area contributed by atoms with Gasteiger partial charge in [-0.25, -0.2) is 14.8 Å². The van der Waals surface area contributed by atoms with Crippen molar-refractivity contribution in [2.24, 2.45) is 5.11 Å². The fraction of sp³-hybridized carbons (Fsp3) is 0.227. The van der Waals surface area contributed by atoms with Crippen molar-refractivity contribution in [2.45, 2.75) is 26.0 Å². The summed E-state index contributed by atoms with van der Waals surface area (Å²) in [5, 5.41) is 7.14. The van der Waals surface area contributed by atoms with Gasteiger partial charge in [0.05, 0.1) is 22.9 Å². The molecule has 10 nitrogen and oxygen atoms in total. The first-order valence-electron chi connectivity index (χ1n) is 9.91. The number of azide groups is 1. The summed E-state index contributed by atoms with van der Waals surface area (Å²) in [6.07, 6.45) is 2.05. The van der Waals surface area contributed by atoms with E-state index in [0.29, 0.717) is 22.8 Å². The number of carbonyl (C=O) groups excluding carboxylic acids is 1. The molecule has 170 valence electrons. The van der Waals surface area contributed by atoms with Crippen molar-refractivity contribution in [3.63, 3.8) is 0 Å². The molecule has 1 unspecified atom stereocenters. The maximum Gasteiger partial charge on any atom is 0.511 e. The van der Waals surface area contributed by atoms with Gasteiger partial charge in [-0.1, -0.05) is 53.1 Å². The lowest BCUT2D eigenvalue weighted by Crippen LogP contribution is -2.18. The Labute approximate surface area is 195 Å². The predicted molar refractivity (Wildman–Crippen MR) is 122 cm³/mol. The minimum Gasteiger partial charge on any atom is -0.457 e. The summed E-state index contributed by atoms with van der Waals surface area (Å²) in [6.45, 7) is 3.07. The second kappa shape index (κ2) is 11.6. The van der Waals surface area contributed by atoms with E-state index in [0.717, 1.165) is 0 Å². The van der Waals surface area contributed by atoms with E-state index in [-0.39, 0.29) is 23.6 Å². The largest absolute Gasteiger partial charge is 0.511 e. The summed E-state index contributed by atoms with van der Waals surface area (Å²) in [6, 6.07) is 13.4. The van der Waals surface area contributed by atoms with Crippen molar-refractivity contribution >= 4 is 29.4 Å². The fourth-order valence-electron chi connectivity index (χ4n) is 2.93. The quantitative estimate of drug-likeness (QED) is 0.130. The van der Waals surface area contributed by atoms with Crippen LogP contribution in [0.5, 0.6) is 5.75 Å². The number of nitrogens with zero attached hydrogens (tertiary/aromatic N) is 5. The molecule has 1 aromatic heterocycles. The van der Waals surface area contributed by atoms with Crippen LogP contribution in [-0.2, 0) is 9.47 Å². The second-order valence-corrected chi connectivity index (χ2v) is 7.26. The van der Waals surface area contributed by atoms with Crippen LogP contribution in [0.4, 0.5) is 16.4 Å². The lowest BCUT2D eigenvalue weighted by Gasteiger charge is -2.23. The zero-order valence-electron chi connectivity index (χ0n) is 17.9. The molecule has 3 rings (SSSR count). The molecule has 1 atom stereocenters. The van der Waals surface area contributed by atoms with Gasteiger partial charge in [0.25, 0.3) is 0 Å². The number of para-hydroxylation sites is 1. The zero-order valence-corrected chi connectivity index (χ0v) is 18.6. The van der Waals surface area contributed by atoms with Crippen molar-refractivity contribution in [2.75, 3.05) is 12.1 Å². The highest BCUT2D eigenvalue weighted by atomic mass is 35.5. The monoisotopic (exact) mass is 468 g/mol. The lowest BCUT2D eigenvalue weighted by molar-refractivity contribution is -0.00845.